The molecule has 1 saturated heterocycles. The highest BCUT2D eigenvalue weighted by Gasteiger charge is 2.40. The molecule has 26 heavy (non-hydrogen) atoms. The first-order valence-corrected chi connectivity index (χ1v) is 10.2. The van der Waals surface area contributed by atoms with Crippen LogP contribution in [0.1, 0.15) is 6.42 Å². The SMILES string of the molecule is O=C(CSC1CC(=O)N(c2ccc(I)cc2)C1=O)Nc1ccc(Cl)cc1. The summed E-state index contributed by atoms with van der Waals surface area (Å²) in [7, 11) is 0. The topological polar surface area (TPSA) is 66.5 Å². The number of hydrogen-bond acceptors (Lipinski definition) is 4. The summed E-state index contributed by atoms with van der Waals surface area (Å²) >= 11 is 9.14. The molecule has 1 aliphatic rings. The third-order valence-corrected chi connectivity index (χ3v) is 5.90. The molecule has 1 heterocycles. The van der Waals surface area contributed by atoms with Crippen LogP contribution in [0, 0.1) is 3.57 Å². The Labute approximate surface area is 173 Å². The lowest BCUT2D eigenvalue weighted by Gasteiger charge is -2.15. The van der Waals surface area contributed by atoms with Crippen molar-refractivity contribution in [2.75, 3.05) is 16.0 Å². The number of thioether (sulfide) groups is 1. The Morgan fingerprint density at radius 2 is 1.81 bits per heavy atom. The van der Waals surface area contributed by atoms with Crippen molar-refractivity contribution in [2.24, 2.45) is 0 Å². The molecule has 0 bridgehead atoms. The summed E-state index contributed by atoms with van der Waals surface area (Å²) in [5, 5.41) is 2.78. The number of amides is 3. The Morgan fingerprint density at radius 3 is 2.46 bits per heavy atom. The van der Waals surface area contributed by atoms with E-state index in [1.165, 1.54) is 16.7 Å². The highest BCUT2D eigenvalue weighted by Crippen LogP contribution is 2.30. The molecule has 2 aromatic rings. The van der Waals surface area contributed by atoms with Crippen molar-refractivity contribution in [2.45, 2.75) is 11.7 Å². The van der Waals surface area contributed by atoms with Gasteiger partial charge in [-0.15, -0.1) is 11.8 Å². The number of halogens is 2. The van der Waals surface area contributed by atoms with Crippen LogP contribution < -0.4 is 10.2 Å². The number of rotatable bonds is 5. The molecule has 0 saturated carbocycles. The van der Waals surface area contributed by atoms with E-state index < -0.39 is 5.25 Å². The van der Waals surface area contributed by atoms with Crippen LogP contribution in [0.4, 0.5) is 11.4 Å². The first-order valence-electron chi connectivity index (χ1n) is 7.73. The van der Waals surface area contributed by atoms with E-state index in [-0.39, 0.29) is 29.9 Å². The van der Waals surface area contributed by atoms with Crippen molar-refractivity contribution in [1.29, 1.82) is 0 Å². The molecule has 134 valence electrons. The second kappa shape index (κ2) is 8.41. The van der Waals surface area contributed by atoms with Gasteiger partial charge in [-0.05, 0) is 71.1 Å². The van der Waals surface area contributed by atoms with Crippen molar-refractivity contribution < 1.29 is 14.4 Å². The van der Waals surface area contributed by atoms with Crippen LogP contribution in [0.15, 0.2) is 48.5 Å². The van der Waals surface area contributed by atoms with Crippen LogP contribution in [0.5, 0.6) is 0 Å². The second-order valence-corrected chi connectivity index (χ2v) is 8.48. The van der Waals surface area contributed by atoms with Gasteiger partial charge in [-0.1, -0.05) is 11.6 Å². The van der Waals surface area contributed by atoms with E-state index in [4.69, 9.17) is 11.6 Å². The van der Waals surface area contributed by atoms with Gasteiger partial charge in [0, 0.05) is 20.7 Å². The zero-order valence-corrected chi connectivity index (χ0v) is 17.2. The molecule has 3 rings (SSSR count). The van der Waals surface area contributed by atoms with Gasteiger partial charge in [-0.3, -0.25) is 14.4 Å². The van der Waals surface area contributed by atoms with Gasteiger partial charge in [-0.25, -0.2) is 4.90 Å². The fourth-order valence-corrected chi connectivity index (χ4v) is 3.92. The largest absolute Gasteiger partial charge is 0.325 e. The molecule has 3 amide bonds. The standard InChI is InChI=1S/C18H14ClIN2O3S/c19-11-1-5-13(6-2-11)21-16(23)10-26-15-9-17(24)22(18(15)25)14-7-3-12(20)4-8-14/h1-8,15H,9-10H2,(H,21,23). The third kappa shape index (κ3) is 4.57. The molecule has 0 spiro atoms. The lowest BCUT2D eigenvalue weighted by molar-refractivity contribution is -0.121. The Kier molecular flexibility index (Phi) is 6.20. The lowest BCUT2D eigenvalue weighted by Crippen LogP contribution is -2.31. The van der Waals surface area contributed by atoms with Gasteiger partial charge < -0.3 is 5.32 Å². The average molecular weight is 501 g/mol. The molecule has 5 nitrogen and oxygen atoms in total. The van der Waals surface area contributed by atoms with Crippen LogP contribution in [0.25, 0.3) is 0 Å². The predicted octanol–water partition coefficient (Wildman–Crippen LogP) is 3.95. The Balaban J connectivity index is 1.57. The second-order valence-electron chi connectivity index (χ2n) is 5.60. The molecule has 1 aliphatic heterocycles. The van der Waals surface area contributed by atoms with E-state index in [0.717, 1.165) is 3.57 Å². The number of nitrogens with one attached hydrogen (secondary N) is 1. The average Bonchev–Trinajstić information content (AvgIpc) is 2.90. The predicted molar refractivity (Wildman–Crippen MR) is 113 cm³/mol. The van der Waals surface area contributed by atoms with Crippen molar-refractivity contribution in [3.8, 4) is 0 Å². The quantitative estimate of drug-likeness (QED) is 0.499. The van der Waals surface area contributed by atoms with Crippen LogP contribution in [0.3, 0.4) is 0 Å². The normalized spacial score (nSPS) is 16.8. The van der Waals surface area contributed by atoms with Crippen molar-refractivity contribution >= 4 is 75.1 Å². The Bertz CT molecular complexity index is 843. The minimum atomic E-state index is -0.544. The number of hydrogen-bond donors (Lipinski definition) is 1. The monoisotopic (exact) mass is 500 g/mol. The van der Waals surface area contributed by atoms with Crippen molar-refractivity contribution in [3.63, 3.8) is 0 Å². The summed E-state index contributed by atoms with van der Waals surface area (Å²) in [5.41, 5.74) is 1.20. The maximum atomic E-state index is 12.5. The van der Waals surface area contributed by atoms with Gasteiger partial charge in [0.1, 0.15) is 0 Å². The smallest absolute Gasteiger partial charge is 0.247 e. The zero-order chi connectivity index (χ0) is 18.7. The van der Waals surface area contributed by atoms with Crippen LogP contribution in [-0.4, -0.2) is 28.7 Å². The van der Waals surface area contributed by atoms with E-state index in [1.54, 1.807) is 36.4 Å². The van der Waals surface area contributed by atoms with Crippen molar-refractivity contribution in [1.82, 2.24) is 0 Å². The number of anilines is 2. The third-order valence-electron chi connectivity index (χ3n) is 3.73. The summed E-state index contributed by atoms with van der Waals surface area (Å²) in [6.07, 6.45) is 0.101. The number of imide groups is 1. The fraction of sp³-hybridized carbons (Fsp3) is 0.167. The highest BCUT2D eigenvalue weighted by atomic mass is 127. The van der Waals surface area contributed by atoms with Gasteiger partial charge >= 0.3 is 0 Å². The molecule has 0 aliphatic carbocycles. The minimum absolute atomic E-state index is 0.0901. The van der Waals surface area contributed by atoms with Crippen LogP contribution in [0.2, 0.25) is 5.02 Å². The van der Waals surface area contributed by atoms with Gasteiger partial charge in [0.05, 0.1) is 16.7 Å². The molecule has 8 heteroatoms. The number of benzene rings is 2. The molecule has 1 N–H and O–H groups in total. The fourth-order valence-electron chi connectivity index (χ4n) is 2.50. The molecular weight excluding hydrogens is 487 g/mol. The molecule has 0 radical (unpaired) electrons. The number of carbonyl (C=O) groups excluding carboxylic acids is 3. The Hall–Kier alpha value is -1.58. The molecule has 1 fully saturated rings. The van der Waals surface area contributed by atoms with Gasteiger partial charge in [-0.2, -0.15) is 0 Å². The van der Waals surface area contributed by atoms with E-state index in [0.29, 0.717) is 16.4 Å². The van der Waals surface area contributed by atoms with E-state index in [1.807, 2.05) is 12.1 Å². The summed E-state index contributed by atoms with van der Waals surface area (Å²) < 4.78 is 1.02. The molecule has 0 aromatic heterocycles. The maximum absolute atomic E-state index is 12.5. The highest BCUT2D eigenvalue weighted by molar-refractivity contribution is 14.1. The van der Waals surface area contributed by atoms with E-state index in [9.17, 15) is 14.4 Å². The summed E-state index contributed by atoms with van der Waals surface area (Å²) in [6, 6.07) is 14.0. The molecule has 1 unspecified atom stereocenters. The van der Waals surface area contributed by atoms with Gasteiger partial charge in [0.2, 0.25) is 17.7 Å². The van der Waals surface area contributed by atoms with Gasteiger partial charge in [0.25, 0.3) is 0 Å². The molecule has 2 aromatic carbocycles. The first kappa shape index (κ1) is 19.2. The van der Waals surface area contributed by atoms with Gasteiger partial charge in [0.15, 0.2) is 0 Å². The number of carbonyl (C=O) groups is 3. The van der Waals surface area contributed by atoms with E-state index in [2.05, 4.69) is 27.9 Å². The first-order chi connectivity index (χ1) is 12.4. The summed E-state index contributed by atoms with van der Waals surface area (Å²) in [4.78, 5) is 38.0. The Morgan fingerprint density at radius 1 is 1.15 bits per heavy atom. The minimum Gasteiger partial charge on any atom is -0.325 e. The summed E-state index contributed by atoms with van der Waals surface area (Å²) in [6.45, 7) is 0. The number of nitrogens with zero attached hydrogens (tertiary/aromatic N) is 1. The van der Waals surface area contributed by atoms with Crippen molar-refractivity contribution in [3.05, 3.63) is 57.1 Å². The molecular formula is C18H14ClIN2O3S. The van der Waals surface area contributed by atoms with E-state index >= 15 is 0 Å². The maximum Gasteiger partial charge on any atom is 0.247 e. The van der Waals surface area contributed by atoms with Crippen LogP contribution >= 0.6 is 46.0 Å². The molecule has 1 atom stereocenters. The lowest BCUT2D eigenvalue weighted by atomic mass is 10.3. The van der Waals surface area contributed by atoms with Crippen LogP contribution in [-0.2, 0) is 14.4 Å². The summed E-state index contributed by atoms with van der Waals surface area (Å²) in [5.74, 6) is -0.662. The zero-order valence-electron chi connectivity index (χ0n) is 13.4.